The summed E-state index contributed by atoms with van der Waals surface area (Å²) in [7, 11) is 0. The molecule has 27 heavy (non-hydrogen) atoms. The van der Waals surface area contributed by atoms with Gasteiger partial charge in [0, 0.05) is 13.1 Å². The molecule has 1 fully saturated rings. The van der Waals surface area contributed by atoms with Crippen molar-refractivity contribution in [3.05, 3.63) is 53.7 Å². The fraction of sp³-hybridized carbons (Fsp3) is 0.300. The number of imide groups is 1. The van der Waals surface area contributed by atoms with E-state index in [9.17, 15) is 14.4 Å². The quantitative estimate of drug-likeness (QED) is 0.842. The van der Waals surface area contributed by atoms with E-state index in [1.807, 2.05) is 6.07 Å². The molecule has 3 amide bonds. The molecule has 1 N–H and O–H groups in total. The molecule has 0 spiro atoms. The Balaban J connectivity index is 1.38. The zero-order valence-corrected chi connectivity index (χ0v) is 14.9. The van der Waals surface area contributed by atoms with E-state index in [2.05, 4.69) is 15.2 Å². The molecule has 3 heterocycles. The molecular formula is C20H20N4O3. The summed E-state index contributed by atoms with van der Waals surface area (Å²) in [4.78, 5) is 44.5. The van der Waals surface area contributed by atoms with Crippen molar-refractivity contribution in [1.82, 2.24) is 9.88 Å². The number of nitrogens with zero attached hydrogens (tertiary/aromatic N) is 3. The number of anilines is 2. The van der Waals surface area contributed by atoms with Gasteiger partial charge in [-0.15, -0.1) is 0 Å². The van der Waals surface area contributed by atoms with E-state index in [1.54, 1.807) is 36.5 Å². The first-order chi connectivity index (χ1) is 13.1. The van der Waals surface area contributed by atoms with Gasteiger partial charge in [0.15, 0.2) is 0 Å². The van der Waals surface area contributed by atoms with Crippen molar-refractivity contribution in [3.63, 3.8) is 0 Å². The van der Waals surface area contributed by atoms with E-state index in [0.29, 0.717) is 16.9 Å². The van der Waals surface area contributed by atoms with Crippen LogP contribution in [-0.2, 0) is 4.79 Å². The van der Waals surface area contributed by atoms with Gasteiger partial charge in [-0.25, -0.2) is 4.98 Å². The van der Waals surface area contributed by atoms with Crippen LogP contribution in [0.5, 0.6) is 0 Å². The van der Waals surface area contributed by atoms with Crippen molar-refractivity contribution in [3.8, 4) is 0 Å². The van der Waals surface area contributed by atoms with Crippen LogP contribution in [0.3, 0.4) is 0 Å². The molecule has 1 aromatic heterocycles. The summed E-state index contributed by atoms with van der Waals surface area (Å²) in [6.45, 7) is 1.71. The minimum atomic E-state index is -0.456. The van der Waals surface area contributed by atoms with Crippen molar-refractivity contribution in [2.24, 2.45) is 0 Å². The van der Waals surface area contributed by atoms with Gasteiger partial charge in [0.05, 0.1) is 23.0 Å². The van der Waals surface area contributed by atoms with Gasteiger partial charge in [-0.3, -0.25) is 19.3 Å². The Kier molecular flexibility index (Phi) is 4.58. The zero-order chi connectivity index (χ0) is 18.8. The molecule has 2 aliphatic heterocycles. The third-order valence-corrected chi connectivity index (χ3v) is 4.92. The highest BCUT2D eigenvalue weighted by Crippen LogP contribution is 2.23. The molecule has 7 nitrogen and oxygen atoms in total. The minimum Gasteiger partial charge on any atom is -0.370 e. The van der Waals surface area contributed by atoms with Gasteiger partial charge in [-0.2, -0.15) is 0 Å². The molecule has 138 valence electrons. The summed E-state index contributed by atoms with van der Waals surface area (Å²) in [5, 5.41) is 2.65. The Labute approximate surface area is 157 Å². The maximum Gasteiger partial charge on any atom is 0.262 e. The summed E-state index contributed by atoms with van der Waals surface area (Å²) >= 11 is 0. The molecule has 1 saturated heterocycles. The average Bonchev–Trinajstić information content (AvgIpc) is 2.94. The molecular weight excluding hydrogens is 344 g/mol. The predicted octanol–water partition coefficient (Wildman–Crippen LogP) is 2.31. The number of hydrogen-bond donors (Lipinski definition) is 1. The second-order valence-electron chi connectivity index (χ2n) is 6.74. The average molecular weight is 364 g/mol. The highest BCUT2D eigenvalue weighted by atomic mass is 16.2. The number of rotatable bonds is 4. The van der Waals surface area contributed by atoms with Crippen molar-refractivity contribution in [1.29, 1.82) is 0 Å². The number of benzene rings is 1. The topological polar surface area (TPSA) is 82.6 Å². The number of pyridine rings is 1. The normalized spacial score (nSPS) is 16.4. The molecule has 4 rings (SSSR count). The van der Waals surface area contributed by atoms with Gasteiger partial charge in [0.2, 0.25) is 5.91 Å². The number of hydrogen-bond acceptors (Lipinski definition) is 5. The Morgan fingerprint density at radius 3 is 2.22 bits per heavy atom. The molecule has 0 saturated carbocycles. The van der Waals surface area contributed by atoms with Crippen LogP contribution >= 0.6 is 0 Å². The first-order valence-corrected chi connectivity index (χ1v) is 9.09. The van der Waals surface area contributed by atoms with E-state index in [4.69, 9.17) is 0 Å². The van der Waals surface area contributed by atoms with Crippen LogP contribution < -0.4 is 10.2 Å². The van der Waals surface area contributed by atoms with Crippen LogP contribution in [-0.4, -0.2) is 47.2 Å². The lowest BCUT2D eigenvalue weighted by atomic mass is 10.1. The molecule has 0 bridgehead atoms. The maximum absolute atomic E-state index is 12.3. The number of carbonyl (C=O) groups excluding carboxylic acids is 3. The maximum atomic E-state index is 12.3. The van der Waals surface area contributed by atoms with Crippen LogP contribution in [0.2, 0.25) is 0 Å². The van der Waals surface area contributed by atoms with E-state index in [1.165, 1.54) is 19.3 Å². The molecule has 1 aromatic carbocycles. The highest BCUT2D eigenvalue weighted by Gasteiger charge is 2.36. The lowest BCUT2D eigenvalue weighted by Crippen LogP contribution is -2.37. The molecule has 0 atom stereocenters. The van der Waals surface area contributed by atoms with Gasteiger partial charge in [-0.05, 0) is 43.5 Å². The third-order valence-electron chi connectivity index (χ3n) is 4.92. The van der Waals surface area contributed by atoms with Crippen LogP contribution in [0.4, 0.5) is 11.5 Å². The smallest absolute Gasteiger partial charge is 0.262 e. The van der Waals surface area contributed by atoms with E-state index in [0.717, 1.165) is 23.7 Å². The first-order valence-electron chi connectivity index (χ1n) is 9.09. The van der Waals surface area contributed by atoms with Crippen molar-refractivity contribution in [2.45, 2.75) is 19.3 Å². The van der Waals surface area contributed by atoms with Crippen LogP contribution in [0.1, 0.15) is 40.0 Å². The van der Waals surface area contributed by atoms with Crippen LogP contribution in [0.15, 0.2) is 42.6 Å². The minimum absolute atomic E-state index is 0.331. The van der Waals surface area contributed by atoms with E-state index < -0.39 is 17.7 Å². The lowest BCUT2D eigenvalue weighted by molar-refractivity contribution is -0.116. The summed E-state index contributed by atoms with van der Waals surface area (Å²) in [6.07, 6.45) is 5.36. The number of carbonyl (C=O) groups is 3. The van der Waals surface area contributed by atoms with Gasteiger partial charge in [0.1, 0.15) is 12.4 Å². The summed E-state index contributed by atoms with van der Waals surface area (Å²) in [5.74, 6) is -0.946. The van der Waals surface area contributed by atoms with Gasteiger partial charge in [0.25, 0.3) is 11.8 Å². The standard InChI is InChI=1S/C20H20N4O3/c25-18(13-24-19(26)15-6-2-3-7-16(15)20(24)27)22-17-9-8-14(12-21-17)23-10-4-1-5-11-23/h2-3,6-9,12H,1,4-5,10-11,13H2,(H,21,22,25). The monoisotopic (exact) mass is 364 g/mol. The van der Waals surface area contributed by atoms with E-state index >= 15 is 0 Å². The first kappa shape index (κ1) is 17.2. The molecule has 7 heteroatoms. The van der Waals surface area contributed by atoms with Crippen LogP contribution in [0.25, 0.3) is 0 Å². The second-order valence-corrected chi connectivity index (χ2v) is 6.74. The molecule has 0 unspecified atom stereocenters. The van der Waals surface area contributed by atoms with E-state index in [-0.39, 0.29) is 6.54 Å². The zero-order valence-electron chi connectivity index (χ0n) is 14.9. The molecule has 0 aliphatic carbocycles. The second kappa shape index (κ2) is 7.19. The summed E-state index contributed by atoms with van der Waals surface area (Å²) < 4.78 is 0. The van der Waals surface area contributed by atoms with Crippen molar-refractivity contribution < 1.29 is 14.4 Å². The summed E-state index contributed by atoms with van der Waals surface area (Å²) in [5.41, 5.74) is 1.70. The Morgan fingerprint density at radius 1 is 0.963 bits per heavy atom. The Morgan fingerprint density at radius 2 is 1.63 bits per heavy atom. The van der Waals surface area contributed by atoms with Crippen molar-refractivity contribution >= 4 is 29.2 Å². The fourth-order valence-corrected chi connectivity index (χ4v) is 3.51. The molecule has 0 radical (unpaired) electrons. The number of nitrogens with one attached hydrogen (secondary N) is 1. The number of amides is 3. The number of aromatic nitrogens is 1. The summed E-state index contributed by atoms with van der Waals surface area (Å²) in [6, 6.07) is 10.2. The largest absolute Gasteiger partial charge is 0.370 e. The lowest BCUT2D eigenvalue weighted by Gasteiger charge is -2.28. The fourth-order valence-electron chi connectivity index (χ4n) is 3.51. The number of fused-ring (bicyclic) bond motifs is 1. The SMILES string of the molecule is O=C(CN1C(=O)c2ccccc2C1=O)Nc1ccc(N2CCCCC2)cn1. The van der Waals surface area contributed by atoms with Gasteiger partial charge < -0.3 is 10.2 Å². The Bertz CT molecular complexity index is 853. The Hall–Kier alpha value is -3.22. The van der Waals surface area contributed by atoms with Gasteiger partial charge >= 0.3 is 0 Å². The third kappa shape index (κ3) is 3.40. The molecule has 2 aromatic rings. The predicted molar refractivity (Wildman–Crippen MR) is 101 cm³/mol. The highest BCUT2D eigenvalue weighted by molar-refractivity contribution is 6.22. The van der Waals surface area contributed by atoms with Crippen LogP contribution in [0, 0.1) is 0 Å². The van der Waals surface area contributed by atoms with Crippen molar-refractivity contribution in [2.75, 3.05) is 29.9 Å². The molecule has 2 aliphatic rings. The van der Waals surface area contributed by atoms with Gasteiger partial charge in [-0.1, -0.05) is 12.1 Å². The number of piperidine rings is 1.